The van der Waals surface area contributed by atoms with Crippen LogP contribution in [0.3, 0.4) is 0 Å². The number of nitrogens with one attached hydrogen (secondary N) is 1. The number of benzene rings is 1. The Balaban J connectivity index is 0.00000196. The summed E-state index contributed by atoms with van der Waals surface area (Å²) >= 11 is 6.42. The van der Waals surface area contributed by atoms with E-state index in [2.05, 4.69) is 15.3 Å². The molecule has 1 aromatic carbocycles. The Morgan fingerprint density at radius 1 is 0.929 bits per heavy atom. The van der Waals surface area contributed by atoms with Gasteiger partial charge in [0, 0.05) is 43.4 Å². The zero-order chi connectivity index (χ0) is 18.2. The van der Waals surface area contributed by atoms with E-state index in [1.54, 1.807) is 25.7 Å². The molecular weight excluding hydrogens is 421 g/mol. The van der Waals surface area contributed by atoms with Gasteiger partial charge in [0.05, 0.1) is 12.1 Å². The number of pyridine rings is 2. The van der Waals surface area contributed by atoms with Crippen LogP contribution in [0.25, 0.3) is 0 Å². The van der Waals surface area contributed by atoms with Crippen LogP contribution in [0.5, 0.6) is 11.5 Å². The van der Waals surface area contributed by atoms with Crippen LogP contribution in [0.15, 0.2) is 61.2 Å². The second kappa shape index (κ2) is 12.4. The second-order valence-electron chi connectivity index (χ2n) is 5.72. The molecule has 0 fully saturated rings. The second-order valence-corrected chi connectivity index (χ2v) is 6.13. The van der Waals surface area contributed by atoms with Gasteiger partial charge in [0.25, 0.3) is 0 Å². The SMILES string of the molecule is COc1cc(CNCc2cccnc2)cc(Cl)c1OCc1cccnc1.Cl.Cl. The van der Waals surface area contributed by atoms with Crippen molar-refractivity contribution in [2.45, 2.75) is 19.7 Å². The maximum atomic E-state index is 6.42. The molecule has 0 amide bonds. The lowest BCUT2D eigenvalue weighted by Gasteiger charge is -2.14. The van der Waals surface area contributed by atoms with Crippen molar-refractivity contribution in [2.75, 3.05) is 7.11 Å². The fraction of sp³-hybridized carbons (Fsp3) is 0.200. The van der Waals surface area contributed by atoms with Crippen molar-refractivity contribution in [1.82, 2.24) is 15.3 Å². The molecule has 0 aliphatic carbocycles. The third kappa shape index (κ3) is 6.84. The van der Waals surface area contributed by atoms with Crippen molar-refractivity contribution in [3.05, 3.63) is 82.9 Å². The quantitative estimate of drug-likeness (QED) is 0.540. The van der Waals surface area contributed by atoms with Crippen LogP contribution in [0.2, 0.25) is 5.02 Å². The van der Waals surface area contributed by atoms with Crippen molar-refractivity contribution in [3.8, 4) is 11.5 Å². The van der Waals surface area contributed by atoms with E-state index < -0.39 is 0 Å². The molecule has 1 N–H and O–H groups in total. The average molecular weight is 443 g/mol. The lowest BCUT2D eigenvalue weighted by atomic mass is 10.2. The standard InChI is InChI=1S/C20H20ClN3O2.2ClH/c1-25-19-9-17(13-24-11-15-4-2-6-22-10-15)8-18(21)20(19)26-14-16-5-3-7-23-12-16;;/h2-10,12,24H,11,13-14H2,1H3;2*1H. The summed E-state index contributed by atoms with van der Waals surface area (Å²) in [5.74, 6) is 1.15. The van der Waals surface area contributed by atoms with Gasteiger partial charge in [0.15, 0.2) is 11.5 Å². The molecule has 150 valence electrons. The Kier molecular flexibility index (Phi) is 10.6. The van der Waals surface area contributed by atoms with E-state index in [-0.39, 0.29) is 24.8 Å². The minimum Gasteiger partial charge on any atom is -0.493 e. The van der Waals surface area contributed by atoms with Crippen molar-refractivity contribution < 1.29 is 9.47 Å². The Hall–Kier alpha value is -2.05. The molecule has 0 saturated heterocycles. The predicted molar refractivity (Wildman–Crippen MR) is 116 cm³/mol. The Morgan fingerprint density at radius 3 is 2.18 bits per heavy atom. The molecular formula is C20H22Cl3N3O2. The molecule has 0 unspecified atom stereocenters. The van der Waals surface area contributed by atoms with Gasteiger partial charge in [-0.25, -0.2) is 0 Å². The van der Waals surface area contributed by atoms with E-state index in [1.807, 2.05) is 42.6 Å². The number of ether oxygens (including phenoxy) is 2. The van der Waals surface area contributed by atoms with Crippen LogP contribution in [-0.2, 0) is 19.7 Å². The highest BCUT2D eigenvalue weighted by molar-refractivity contribution is 6.32. The highest BCUT2D eigenvalue weighted by Crippen LogP contribution is 2.37. The van der Waals surface area contributed by atoms with Gasteiger partial charge in [-0.2, -0.15) is 0 Å². The van der Waals surface area contributed by atoms with Crippen LogP contribution < -0.4 is 14.8 Å². The van der Waals surface area contributed by atoms with Crippen LogP contribution in [0.4, 0.5) is 0 Å². The Bertz CT molecular complexity index is 837. The molecule has 0 aliphatic rings. The summed E-state index contributed by atoms with van der Waals surface area (Å²) in [6, 6.07) is 11.6. The summed E-state index contributed by atoms with van der Waals surface area (Å²) in [4.78, 5) is 8.18. The Labute approximate surface area is 182 Å². The van der Waals surface area contributed by atoms with Crippen LogP contribution in [0.1, 0.15) is 16.7 Å². The predicted octanol–water partition coefficient (Wildman–Crippen LogP) is 4.85. The van der Waals surface area contributed by atoms with Gasteiger partial charge in [-0.05, 0) is 35.4 Å². The van der Waals surface area contributed by atoms with Crippen molar-refractivity contribution in [3.63, 3.8) is 0 Å². The van der Waals surface area contributed by atoms with Gasteiger partial charge in [0.2, 0.25) is 0 Å². The molecule has 5 nitrogen and oxygen atoms in total. The van der Waals surface area contributed by atoms with Crippen molar-refractivity contribution in [2.24, 2.45) is 0 Å². The van der Waals surface area contributed by atoms with E-state index in [4.69, 9.17) is 21.1 Å². The lowest BCUT2D eigenvalue weighted by Crippen LogP contribution is -2.13. The van der Waals surface area contributed by atoms with Gasteiger partial charge in [0.1, 0.15) is 6.61 Å². The molecule has 0 saturated carbocycles. The summed E-state index contributed by atoms with van der Waals surface area (Å²) in [6.07, 6.45) is 7.09. The van der Waals surface area contributed by atoms with E-state index in [1.165, 1.54) is 0 Å². The first-order chi connectivity index (χ1) is 12.8. The fourth-order valence-corrected chi connectivity index (χ4v) is 2.80. The zero-order valence-electron chi connectivity index (χ0n) is 15.3. The average Bonchev–Trinajstić information content (AvgIpc) is 2.68. The van der Waals surface area contributed by atoms with Gasteiger partial charge in [-0.1, -0.05) is 23.7 Å². The molecule has 3 aromatic rings. The summed E-state index contributed by atoms with van der Waals surface area (Å²) in [6.45, 7) is 1.77. The Morgan fingerprint density at radius 2 is 1.57 bits per heavy atom. The lowest BCUT2D eigenvalue weighted by molar-refractivity contribution is 0.284. The molecule has 3 rings (SSSR count). The van der Waals surface area contributed by atoms with E-state index in [0.29, 0.717) is 29.7 Å². The topological polar surface area (TPSA) is 56.3 Å². The smallest absolute Gasteiger partial charge is 0.180 e. The zero-order valence-corrected chi connectivity index (χ0v) is 17.7. The van der Waals surface area contributed by atoms with Crippen molar-refractivity contribution in [1.29, 1.82) is 0 Å². The first kappa shape index (κ1) is 24.0. The number of rotatable bonds is 8. The third-order valence-corrected chi connectivity index (χ3v) is 4.06. The minimum atomic E-state index is 0. The number of methoxy groups -OCH3 is 1. The third-order valence-electron chi connectivity index (χ3n) is 3.78. The number of nitrogens with zero attached hydrogens (tertiary/aromatic N) is 2. The molecule has 0 bridgehead atoms. The molecule has 8 heteroatoms. The minimum absolute atomic E-state index is 0. The van der Waals surface area contributed by atoms with Crippen LogP contribution in [0, 0.1) is 0 Å². The van der Waals surface area contributed by atoms with Crippen LogP contribution >= 0.6 is 36.4 Å². The summed E-state index contributed by atoms with van der Waals surface area (Å²) in [5, 5.41) is 3.89. The summed E-state index contributed by atoms with van der Waals surface area (Å²) < 4.78 is 11.3. The highest BCUT2D eigenvalue weighted by Gasteiger charge is 2.12. The molecule has 2 heterocycles. The molecule has 0 radical (unpaired) electrons. The van der Waals surface area contributed by atoms with Gasteiger partial charge >= 0.3 is 0 Å². The molecule has 28 heavy (non-hydrogen) atoms. The van der Waals surface area contributed by atoms with E-state index >= 15 is 0 Å². The number of hydrogen-bond donors (Lipinski definition) is 1. The first-order valence-electron chi connectivity index (χ1n) is 8.24. The first-order valence-corrected chi connectivity index (χ1v) is 8.62. The summed E-state index contributed by atoms with van der Waals surface area (Å²) in [5.41, 5.74) is 3.11. The maximum Gasteiger partial charge on any atom is 0.180 e. The number of hydrogen-bond acceptors (Lipinski definition) is 5. The monoisotopic (exact) mass is 441 g/mol. The largest absolute Gasteiger partial charge is 0.493 e. The van der Waals surface area contributed by atoms with Gasteiger partial charge in [-0.3, -0.25) is 9.97 Å². The van der Waals surface area contributed by atoms with Gasteiger partial charge in [-0.15, -0.1) is 24.8 Å². The molecule has 2 aromatic heterocycles. The van der Waals surface area contributed by atoms with E-state index in [0.717, 1.165) is 23.2 Å². The highest BCUT2D eigenvalue weighted by atomic mass is 35.5. The normalized spacial score (nSPS) is 9.79. The van der Waals surface area contributed by atoms with Gasteiger partial charge < -0.3 is 14.8 Å². The molecule has 0 spiro atoms. The van der Waals surface area contributed by atoms with Crippen molar-refractivity contribution >= 4 is 36.4 Å². The maximum absolute atomic E-state index is 6.42. The summed E-state index contributed by atoms with van der Waals surface area (Å²) in [7, 11) is 1.61. The fourth-order valence-electron chi connectivity index (χ4n) is 2.51. The van der Waals surface area contributed by atoms with E-state index in [9.17, 15) is 0 Å². The van der Waals surface area contributed by atoms with Crippen LogP contribution in [-0.4, -0.2) is 17.1 Å². The number of aromatic nitrogens is 2. The molecule has 0 aliphatic heterocycles. The molecule has 0 atom stereocenters. The number of halogens is 3.